The van der Waals surface area contributed by atoms with Gasteiger partial charge in [-0.2, -0.15) is 0 Å². The van der Waals surface area contributed by atoms with Crippen molar-refractivity contribution in [2.75, 3.05) is 0 Å². The molecule has 0 heteroatoms. The molecule has 0 amide bonds. The van der Waals surface area contributed by atoms with Gasteiger partial charge in [0, 0.05) is 0 Å². The molecule has 1 aliphatic carbocycles. The summed E-state index contributed by atoms with van der Waals surface area (Å²) in [6.45, 7) is 9.57. The Hall–Kier alpha value is 0. The van der Waals surface area contributed by atoms with Crippen molar-refractivity contribution in [3.8, 4) is 0 Å². The summed E-state index contributed by atoms with van der Waals surface area (Å²) >= 11 is 0. The molecule has 0 aromatic heterocycles. The van der Waals surface area contributed by atoms with Gasteiger partial charge in [-0.15, -0.1) is 0 Å². The minimum atomic E-state index is 0.597. The third-order valence-electron chi connectivity index (χ3n) is 4.38. The van der Waals surface area contributed by atoms with Crippen LogP contribution in [0.15, 0.2) is 0 Å². The predicted molar refractivity (Wildman–Crippen MR) is 73.7 cm³/mol. The van der Waals surface area contributed by atoms with Gasteiger partial charge in [0.2, 0.25) is 0 Å². The molecule has 0 heterocycles. The van der Waals surface area contributed by atoms with E-state index >= 15 is 0 Å². The fourth-order valence-electron chi connectivity index (χ4n) is 2.97. The van der Waals surface area contributed by atoms with Crippen LogP contribution in [0.4, 0.5) is 0 Å². The lowest BCUT2D eigenvalue weighted by Crippen LogP contribution is -2.10. The average Bonchev–Trinajstić information content (AvgIpc) is 2.88. The highest BCUT2D eigenvalue weighted by molar-refractivity contribution is 4.81. The fourth-order valence-corrected chi connectivity index (χ4v) is 2.97. The molecule has 1 fully saturated rings. The molecule has 0 bridgehead atoms. The van der Waals surface area contributed by atoms with Gasteiger partial charge in [-0.25, -0.2) is 0 Å². The number of rotatable bonds is 9. The molecule has 1 rings (SSSR count). The first-order valence-corrected chi connectivity index (χ1v) is 7.55. The Morgan fingerprint density at radius 1 is 1.00 bits per heavy atom. The second-order valence-electron chi connectivity index (χ2n) is 6.84. The average molecular weight is 224 g/mol. The summed E-state index contributed by atoms with van der Waals surface area (Å²) in [5.74, 6) is 2.17. The standard InChI is InChI=1S/C16H32/c1-5-11-16(3,4)12-9-7-6-8-10-15-13-14(15)2/h14-15H,5-13H2,1-4H3. The first-order chi connectivity index (χ1) is 7.55. The second-order valence-corrected chi connectivity index (χ2v) is 6.84. The first-order valence-electron chi connectivity index (χ1n) is 7.55. The van der Waals surface area contributed by atoms with Crippen molar-refractivity contribution in [3.63, 3.8) is 0 Å². The molecule has 2 unspecified atom stereocenters. The summed E-state index contributed by atoms with van der Waals surface area (Å²) < 4.78 is 0. The van der Waals surface area contributed by atoms with E-state index in [9.17, 15) is 0 Å². The zero-order valence-corrected chi connectivity index (χ0v) is 12.0. The van der Waals surface area contributed by atoms with Crippen molar-refractivity contribution in [2.45, 2.75) is 85.5 Å². The largest absolute Gasteiger partial charge is 0.0654 e. The van der Waals surface area contributed by atoms with Crippen molar-refractivity contribution < 1.29 is 0 Å². The van der Waals surface area contributed by atoms with Crippen LogP contribution in [0.5, 0.6) is 0 Å². The molecule has 96 valence electrons. The molecule has 0 N–H and O–H groups in total. The Labute approximate surface area is 103 Å². The van der Waals surface area contributed by atoms with E-state index in [1.807, 2.05) is 0 Å². The van der Waals surface area contributed by atoms with Gasteiger partial charge in [0.05, 0.1) is 0 Å². The van der Waals surface area contributed by atoms with Gasteiger partial charge >= 0.3 is 0 Å². The maximum absolute atomic E-state index is 2.43. The molecular weight excluding hydrogens is 192 g/mol. The molecule has 1 saturated carbocycles. The summed E-state index contributed by atoms with van der Waals surface area (Å²) in [4.78, 5) is 0. The number of hydrogen-bond donors (Lipinski definition) is 0. The first kappa shape index (κ1) is 14.1. The van der Waals surface area contributed by atoms with E-state index in [2.05, 4.69) is 27.7 Å². The van der Waals surface area contributed by atoms with E-state index in [0.717, 1.165) is 11.8 Å². The van der Waals surface area contributed by atoms with Crippen LogP contribution in [0.2, 0.25) is 0 Å². The SMILES string of the molecule is CCCC(C)(C)CCCCCCC1CC1C. The van der Waals surface area contributed by atoms with Crippen LogP contribution in [0, 0.1) is 17.3 Å². The van der Waals surface area contributed by atoms with E-state index in [-0.39, 0.29) is 0 Å². The Kier molecular flexibility index (Phi) is 5.86. The minimum absolute atomic E-state index is 0.597. The topological polar surface area (TPSA) is 0 Å². The van der Waals surface area contributed by atoms with Crippen molar-refractivity contribution in [1.82, 2.24) is 0 Å². The van der Waals surface area contributed by atoms with E-state index < -0.39 is 0 Å². The molecule has 16 heavy (non-hydrogen) atoms. The maximum Gasteiger partial charge on any atom is -0.0354 e. The van der Waals surface area contributed by atoms with Gasteiger partial charge in [-0.1, -0.05) is 66.2 Å². The number of unbranched alkanes of at least 4 members (excludes halogenated alkanes) is 3. The van der Waals surface area contributed by atoms with Gasteiger partial charge < -0.3 is 0 Å². The smallest absolute Gasteiger partial charge is 0.0354 e. The van der Waals surface area contributed by atoms with Crippen LogP contribution in [0.3, 0.4) is 0 Å². The molecular formula is C16H32. The Bertz CT molecular complexity index is 180. The molecule has 0 aromatic rings. The summed E-state index contributed by atoms with van der Waals surface area (Å²) in [6, 6.07) is 0. The molecule has 1 aliphatic rings. The van der Waals surface area contributed by atoms with Crippen LogP contribution in [0.25, 0.3) is 0 Å². The van der Waals surface area contributed by atoms with Crippen molar-refractivity contribution in [1.29, 1.82) is 0 Å². The summed E-state index contributed by atoms with van der Waals surface area (Å²) in [5, 5.41) is 0. The quantitative estimate of drug-likeness (QED) is 0.434. The van der Waals surface area contributed by atoms with Crippen LogP contribution < -0.4 is 0 Å². The van der Waals surface area contributed by atoms with Gasteiger partial charge in [0.15, 0.2) is 0 Å². The van der Waals surface area contributed by atoms with Crippen LogP contribution in [0.1, 0.15) is 85.5 Å². The zero-order chi connectivity index (χ0) is 12.0. The normalized spacial score (nSPS) is 24.8. The molecule has 2 atom stereocenters. The zero-order valence-electron chi connectivity index (χ0n) is 12.0. The third kappa shape index (κ3) is 5.92. The van der Waals surface area contributed by atoms with Crippen molar-refractivity contribution in [2.24, 2.45) is 17.3 Å². The highest BCUT2D eigenvalue weighted by Gasteiger charge is 2.31. The van der Waals surface area contributed by atoms with Crippen molar-refractivity contribution in [3.05, 3.63) is 0 Å². The molecule has 0 aromatic carbocycles. The van der Waals surface area contributed by atoms with Crippen LogP contribution in [-0.2, 0) is 0 Å². The minimum Gasteiger partial charge on any atom is -0.0654 e. The predicted octanol–water partition coefficient (Wildman–Crippen LogP) is 5.81. The molecule has 0 radical (unpaired) electrons. The molecule has 0 spiro atoms. The van der Waals surface area contributed by atoms with E-state index in [4.69, 9.17) is 0 Å². The summed E-state index contributed by atoms with van der Waals surface area (Å²) in [7, 11) is 0. The van der Waals surface area contributed by atoms with E-state index in [1.54, 1.807) is 0 Å². The third-order valence-corrected chi connectivity index (χ3v) is 4.38. The van der Waals surface area contributed by atoms with E-state index in [0.29, 0.717) is 5.41 Å². The lowest BCUT2D eigenvalue weighted by Gasteiger charge is -2.23. The maximum atomic E-state index is 2.43. The lowest BCUT2D eigenvalue weighted by molar-refractivity contribution is 0.291. The molecule has 0 aliphatic heterocycles. The van der Waals surface area contributed by atoms with Crippen molar-refractivity contribution >= 4 is 0 Å². The highest BCUT2D eigenvalue weighted by atomic mass is 14.4. The fraction of sp³-hybridized carbons (Fsp3) is 1.00. The number of hydrogen-bond acceptors (Lipinski definition) is 0. The van der Waals surface area contributed by atoms with Gasteiger partial charge in [0.25, 0.3) is 0 Å². The van der Waals surface area contributed by atoms with Gasteiger partial charge in [-0.05, 0) is 36.5 Å². The van der Waals surface area contributed by atoms with Gasteiger partial charge in [-0.3, -0.25) is 0 Å². The second kappa shape index (κ2) is 6.67. The molecule has 0 saturated heterocycles. The Morgan fingerprint density at radius 3 is 2.19 bits per heavy atom. The molecule has 0 nitrogen and oxygen atoms in total. The van der Waals surface area contributed by atoms with Gasteiger partial charge in [0.1, 0.15) is 0 Å². The van der Waals surface area contributed by atoms with Crippen LogP contribution in [-0.4, -0.2) is 0 Å². The van der Waals surface area contributed by atoms with Crippen LogP contribution >= 0.6 is 0 Å². The van der Waals surface area contributed by atoms with E-state index in [1.165, 1.54) is 57.8 Å². The monoisotopic (exact) mass is 224 g/mol. The Morgan fingerprint density at radius 2 is 1.62 bits per heavy atom. The summed E-state index contributed by atoms with van der Waals surface area (Å²) in [6.07, 6.45) is 13.1. The Balaban J connectivity index is 1.87. The lowest BCUT2D eigenvalue weighted by atomic mass is 9.83. The summed E-state index contributed by atoms with van der Waals surface area (Å²) in [5.41, 5.74) is 0.597. The highest BCUT2D eigenvalue weighted by Crippen LogP contribution is 2.41.